The Labute approximate surface area is 92.7 Å². The molecule has 0 aromatic heterocycles. The van der Waals surface area contributed by atoms with Crippen LogP contribution in [0.5, 0.6) is 0 Å². The molecule has 0 aromatic carbocycles. The number of rotatable bonds is 10. The molecule has 2 heteroatoms. The van der Waals surface area contributed by atoms with Crippen molar-refractivity contribution in [2.45, 2.75) is 57.5 Å². The van der Waals surface area contributed by atoms with Crippen molar-refractivity contribution in [2.24, 2.45) is 0 Å². The molecule has 0 radical (unpaired) electrons. The summed E-state index contributed by atoms with van der Waals surface area (Å²) >= 11 is 0. The van der Waals surface area contributed by atoms with Gasteiger partial charge in [0.25, 0.3) is 0 Å². The van der Waals surface area contributed by atoms with Gasteiger partial charge in [-0.1, -0.05) is 31.8 Å². The molecule has 1 saturated heterocycles. The summed E-state index contributed by atoms with van der Waals surface area (Å²) in [4.78, 5) is 11.2. The molecule has 0 bridgehead atoms. The maximum absolute atomic E-state index is 11.2. The number of epoxide rings is 1. The van der Waals surface area contributed by atoms with Crippen molar-refractivity contribution in [1.29, 1.82) is 0 Å². The van der Waals surface area contributed by atoms with Gasteiger partial charge in [0.1, 0.15) is 6.10 Å². The number of unbranched alkanes of at least 4 members (excludes halogenated alkanes) is 6. The summed E-state index contributed by atoms with van der Waals surface area (Å²) in [5.74, 6) is 0.307. The fourth-order valence-corrected chi connectivity index (χ4v) is 1.69. The maximum Gasteiger partial charge on any atom is 0.163 e. The van der Waals surface area contributed by atoms with Crippen molar-refractivity contribution < 1.29 is 9.53 Å². The van der Waals surface area contributed by atoms with Crippen LogP contribution in [0.25, 0.3) is 0 Å². The molecule has 1 atom stereocenters. The van der Waals surface area contributed by atoms with E-state index in [9.17, 15) is 4.79 Å². The zero-order valence-electron chi connectivity index (χ0n) is 9.54. The van der Waals surface area contributed by atoms with E-state index in [-0.39, 0.29) is 6.10 Å². The van der Waals surface area contributed by atoms with Gasteiger partial charge in [0.05, 0.1) is 6.61 Å². The Balaban J connectivity index is 1.76. The minimum absolute atomic E-state index is 0.0300. The first-order chi connectivity index (χ1) is 7.34. The molecule has 1 fully saturated rings. The zero-order chi connectivity index (χ0) is 10.9. The van der Waals surface area contributed by atoms with E-state index in [1.54, 1.807) is 0 Å². The lowest BCUT2D eigenvalue weighted by molar-refractivity contribution is -0.120. The van der Waals surface area contributed by atoms with Gasteiger partial charge in [-0.05, 0) is 19.3 Å². The molecule has 0 saturated carbocycles. The van der Waals surface area contributed by atoms with Crippen molar-refractivity contribution in [1.82, 2.24) is 0 Å². The Morgan fingerprint density at radius 1 is 1.20 bits per heavy atom. The summed E-state index contributed by atoms with van der Waals surface area (Å²) in [6.45, 7) is 4.37. The topological polar surface area (TPSA) is 29.6 Å². The predicted octanol–water partition coefficient (Wildman–Crippen LogP) is 3.26. The third kappa shape index (κ3) is 6.45. The van der Waals surface area contributed by atoms with Crippen LogP contribution < -0.4 is 0 Å². The van der Waals surface area contributed by atoms with Crippen LogP contribution in [0, 0.1) is 0 Å². The van der Waals surface area contributed by atoms with E-state index in [2.05, 4.69) is 6.58 Å². The molecule has 0 aliphatic carbocycles. The van der Waals surface area contributed by atoms with Crippen LogP contribution in [-0.4, -0.2) is 18.5 Å². The van der Waals surface area contributed by atoms with E-state index in [1.807, 2.05) is 6.08 Å². The van der Waals surface area contributed by atoms with Gasteiger partial charge in [-0.15, -0.1) is 6.58 Å². The largest absolute Gasteiger partial charge is 0.365 e. The Morgan fingerprint density at radius 3 is 2.40 bits per heavy atom. The van der Waals surface area contributed by atoms with Crippen LogP contribution in [-0.2, 0) is 9.53 Å². The summed E-state index contributed by atoms with van der Waals surface area (Å²) in [5, 5.41) is 0. The molecule has 1 heterocycles. The van der Waals surface area contributed by atoms with E-state index < -0.39 is 0 Å². The molecule has 2 nitrogen and oxygen atoms in total. The highest BCUT2D eigenvalue weighted by molar-refractivity contribution is 5.84. The Kier molecular flexibility index (Phi) is 6.33. The number of ketones is 1. The summed E-state index contributed by atoms with van der Waals surface area (Å²) in [6.07, 6.45) is 11.1. The van der Waals surface area contributed by atoms with Crippen LogP contribution >= 0.6 is 0 Å². The Bertz CT molecular complexity index is 195. The second kappa shape index (κ2) is 7.63. The second-order valence-corrected chi connectivity index (χ2v) is 4.24. The fourth-order valence-electron chi connectivity index (χ4n) is 1.69. The van der Waals surface area contributed by atoms with Crippen LogP contribution in [0.3, 0.4) is 0 Å². The number of allylic oxidation sites excluding steroid dienone is 1. The van der Waals surface area contributed by atoms with Crippen LogP contribution in [0.15, 0.2) is 12.7 Å². The van der Waals surface area contributed by atoms with Gasteiger partial charge >= 0.3 is 0 Å². The first-order valence-electron chi connectivity index (χ1n) is 6.10. The molecule has 15 heavy (non-hydrogen) atoms. The lowest BCUT2D eigenvalue weighted by Crippen LogP contribution is -2.05. The van der Waals surface area contributed by atoms with Gasteiger partial charge in [-0.2, -0.15) is 0 Å². The van der Waals surface area contributed by atoms with Crippen molar-refractivity contribution >= 4 is 5.78 Å². The second-order valence-electron chi connectivity index (χ2n) is 4.24. The van der Waals surface area contributed by atoms with Gasteiger partial charge in [0.15, 0.2) is 5.78 Å². The van der Waals surface area contributed by atoms with E-state index in [0.29, 0.717) is 12.4 Å². The average Bonchev–Trinajstić information content (AvgIpc) is 3.05. The molecule has 86 valence electrons. The molecule has 1 rings (SSSR count). The average molecular weight is 210 g/mol. The summed E-state index contributed by atoms with van der Waals surface area (Å²) in [7, 11) is 0. The third-order valence-corrected chi connectivity index (χ3v) is 2.77. The number of carbonyl (C=O) groups excluding carboxylic acids is 1. The number of Topliss-reactive ketones (excluding diaryl/α,β-unsaturated/α-hetero) is 1. The number of carbonyl (C=O) groups is 1. The van der Waals surface area contributed by atoms with Gasteiger partial charge in [0.2, 0.25) is 0 Å². The van der Waals surface area contributed by atoms with E-state index in [1.165, 1.54) is 32.1 Å². The molecular weight excluding hydrogens is 188 g/mol. The maximum atomic E-state index is 11.2. The summed E-state index contributed by atoms with van der Waals surface area (Å²) in [5.41, 5.74) is 0. The highest BCUT2D eigenvalue weighted by atomic mass is 16.6. The quantitative estimate of drug-likeness (QED) is 0.315. The lowest BCUT2D eigenvalue weighted by Gasteiger charge is -2.00. The molecule has 0 N–H and O–H groups in total. The molecule has 0 amide bonds. The van der Waals surface area contributed by atoms with Gasteiger partial charge < -0.3 is 4.74 Å². The van der Waals surface area contributed by atoms with Crippen LogP contribution in [0.4, 0.5) is 0 Å². The van der Waals surface area contributed by atoms with Crippen molar-refractivity contribution in [2.75, 3.05) is 6.61 Å². The monoisotopic (exact) mass is 210 g/mol. The number of hydrogen-bond acceptors (Lipinski definition) is 2. The third-order valence-electron chi connectivity index (χ3n) is 2.77. The SMILES string of the molecule is C=CCCCCCCCCC(=O)[C@H]1CO1. The molecule has 0 spiro atoms. The van der Waals surface area contributed by atoms with E-state index in [4.69, 9.17) is 4.74 Å². The molecule has 1 aliphatic heterocycles. The van der Waals surface area contributed by atoms with E-state index >= 15 is 0 Å². The fraction of sp³-hybridized carbons (Fsp3) is 0.769. The Hall–Kier alpha value is -0.630. The first kappa shape index (κ1) is 12.4. The summed E-state index contributed by atoms with van der Waals surface area (Å²) < 4.78 is 4.93. The smallest absolute Gasteiger partial charge is 0.163 e. The van der Waals surface area contributed by atoms with Crippen molar-refractivity contribution in [3.8, 4) is 0 Å². The van der Waals surface area contributed by atoms with E-state index in [0.717, 1.165) is 19.3 Å². The minimum atomic E-state index is -0.0300. The first-order valence-corrected chi connectivity index (χ1v) is 6.10. The number of hydrogen-bond donors (Lipinski definition) is 0. The predicted molar refractivity (Wildman–Crippen MR) is 61.9 cm³/mol. The van der Waals surface area contributed by atoms with Crippen molar-refractivity contribution in [3.05, 3.63) is 12.7 Å². The molecule has 0 aromatic rings. The van der Waals surface area contributed by atoms with Crippen LogP contribution in [0.2, 0.25) is 0 Å². The standard InChI is InChI=1S/C13H22O2/c1-2-3-4-5-6-7-8-9-10-12(14)13-11-15-13/h2,13H,1,3-11H2/t13-/m1/s1. The Morgan fingerprint density at radius 2 is 1.80 bits per heavy atom. The van der Waals surface area contributed by atoms with Gasteiger partial charge in [-0.25, -0.2) is 0 Å². The molecule has 1 aliphatic rings. The van der Waals surface area contributed by atoms with Gasteiger partial charge in [-0.3, -0.25) is 4.79 Å². The van der Waals surface area contributed by atoms with Gasteiger partial charge in [0, 0.05) is 6.42 Å². The molecular formula is C13H22O2. The summed E-state index contributed by atoms with van der Waals surface area (Å²) in [6, 6.07) is 0. The van der Waals surface area contributed by atoms with Crippen LogP contribution in [0.1, 0.15) is 51.4 Å². The minimum Gasteiger partial charge on any atom is -0.365 e. The normalized spacial score (nSPS) is 18.8. The highest BCUT2D eigenvalue weighted by Crippen LogP contribution is 2.15. The lowest BCUT2D eigenvalue weighted by atomic mass is 10.1. The van der Waals surface area contributed by atoms with Crippen molar-refractivity contribution in [3.63, 3.8) is 0 Å². The highest BCUT2D eigenvalue weighted by Gasteiger charge is 2.29. The zero-order valence-corrected chi connectivity index (χ0v) is 9.54. The molecule has 0 unspecified atom stereocenters. The number of ether oxygens (including phenoxy) is 1.